The van der Waals surface area contributed by atoms with Gasteiger partial charge in [-0.25, -0.2) is 13.2 Å². The number of hydrogen-bond donors (Lipinski definition) is 1. The van der Waals surface area contributed by atoms with E-state index in [1.807, 2.05) is 0 Å². The second-order valence-electron chi connectivity index (χ2n) is 8.58. The molecule has 1 saturated carbocycles. The number of benzene rings is 1. The molecule has 3 aliphatic rings. The molecule has 2 aliphatic heterocycles. The molecule has 1 atom stereocenters. The average molecular weight is 488 g/mol. The fraction of sp³-hybridized carbons (Fsp3) is 0.550. The molecule has 2 saturated heterocycles. The van der Waals surface area contributed by atoms with Crippen LogP contribution in [0.5, 0.6) is 0 Å². The molecule has 1 aromatic rings. The molecule has 1 aromatic carbocycles. The summed E-state index contributed by atoms with van der Waals surface area (Å²) in [6.07, 6.45) is -3.20. The van der Waals surface area contributed by atoms with Crippen molar-refractivity contribution in [1.82, 2.24) is 19.4 Å². The minimum Gasteiger partial charge on any atom is -0.338 e. The van der Waals surface area contributed by atoms with Crippen molar-refractivity contribution in [2.45, 2.75) is 36.4 Å². The number of piperazine rings is 1. The van der Waals surface area contributed by atoms with Crippen molar-refractivity contribution in [3.63, 3.8) is 0 Å². The van der Waals surface area contributed by atoms with E-state index in [-0.39, 0.29) is 32.1 Å². The van der Waals surface area contributed by atoms with Gasteiger partial charge in [-0.2, -0.15) is 17.5 Å². The topological polar surface area (TPSA) is 107 Å². The lowest BCUT2D eigenvalue weighted by molar-refractivity contribution is -0.140. The predicted octanol–water partition coefficient (Wildman–Crippen LogP) is 1.26. The number of nitrogens with zero attached hydrogens (tertiary/aromatic N) is 3. The van der Waals surface area contributed by atoms with Crippen LogP contribution in [0.2, 0.25) is 0 Å². The Balaban J connectivity index is 1.41. The van der Waals surface area contributed by atoms with Crippen LogP contribution in [-0.2, 0) is 25.8 Å². The molecule has 0 radical (unpaired) electrons. The smallest absolute Gasteiger partial charge is 0.338 e. The number of hydrogen-bond acceptors (Lipinski definition) is 5. The molecule has 2 heterocycles. The van der Waals surface area contributed by atoms with Gasteiger partial charge in [-0.1, -0.05) is 12.1 Å². The van der Waals surface area contributed by atoms with Crippen LogP contribution in [0, 0.1) is 5.92 Å². The second kappa shape index (κ2) is 7.97. The lowest BCUT2D eigenvalue weighted by Crippen LogP contribution is -2.53. The maximum absolute atomic E-state index is 13.3. The van der Waals surface area contributed by atoms with E-state index >= 15 is 0 Å². The summed E-state index contributed by atoms with van der Waals surface area (Å²) >= 11 is 0. The SMILES string of the molecule is C[C@]1(C2CC2)NC(=O)N(CC(=O)N2CCN(S(=O)(=O)c3ccccc3C(F)(F)F)CC2)C1=O. The highest BCUT2D eigenvalue weighted by atomic mass is 32.2. The first-order valence-electron chi connectivity index (χ1n) is 10.4. The fourth-order valence-corrected chi connectivity index (χ4v) is 5.91. The van der Waals surface area contributed by atoms with E-state index in [9.17, 15) is 36.0 Å². The molecule has 0 bridgehead atoms. The van der Waals surface area contributed by atoms with E-state index in [4.69, 9.17) is 0 Å². The molecule has 9 nitrogen and oxygen atoms in total. The Bertz CT molecular complexity index is 1100. The van der Waals surface area contributed by atoms with Crippen LogP contribution in [0.1, 0.15) is 25.3 Å². The third-order valence-electron chi connectivity index (χ3n) is 6.39. The zero-order valence-corrected chi connectivity index (χ0v) is 18.6. The average Bonchev–Trinajstić information content (AvgIpc) is 3.59. The molecular formula is C20H23F3N4O5S. The highest BCUT2D eigenvalue weighted by Gasteiger charge is 2.56. The Hall–Kier alpha value is -2.67. The molecule has 0 unspecified atom stereocenters. The molecule has 4 rings (SSSR count). The summed E-state index contributed by atoms with van der Waals surface area (Å²) in [5.41, 5.74) is -2.27. The third kappa shape index (κ3) is 4.19. The molecule has 33 heavy (non-hydrogen) atoms. The van der Waals surface area contributed by atoms with Gasteiger partial charge in [-0.05, 0) is 37.8 Å². The van der Waals surface area contributed by atoms with E-state index in [2.05, 4.69) is 5.32 Å². The van der Waals surface area contributed by atoms with Crippen molar-refractivity contribution in [3.8, 4) is 0 Å². The number of alkyl halides is 3. The Morgan fingerprint density at radius 2 is 1.73 bits per heavy atom. The lowest BCUT2D eigenvalue weighted by Gasteiger charge is -2.35. The number of nitrogens with one attached hydrogen (secondary N) is 1. The molecule has 13 heteroatoms. The Morgan fingerprint density at radius 1 is 1.12 bits per heavy atom. The normalized spacial score (nSPS) is 24.8. The number of imide groups is 1. The maximum Gasteiger partial charge on any atom is 0.417 e. The van der Waals surface area contributed by atoms with Gasteiger partial charge in [0.2, 0.25) is 15.9 Å². The van der Waals surface area contributed by atoms with Gasteiger partial charge in [0.15, 0.2) is 0 Å². The van der Waals surface area contributed by atoms with Gasteiger partial charge in [0.1, 0.15) is 12.1 Å². The van der Waals surface area contributed by atoms with Crippen molar-refractivity contribution in [2.75, 3.05) is 32.7 Å². The largest absolute Gasteiger partial charge is 0.417 e. The van der Waals surface area contributed by atoms with E-state index in [0.29, 0.717) is 6.07 Å². The zero-order chi connectivity index (χ0) is 24.2. The molecular weight excluding hydrogens is 465 g/mol. The molecule has 1 aliphatic carbocycles. The summed E-state index contributed by atoms with van der Waals surface area (Å²) in [4.78, 5) is 38.9. The minimum atomic E-state index is -4.83. The third-order valence-corrected chi connectivity index (χ3v) is 8.35. The van der Waals surface area contributed by atoms with E-state index in [1.165, 1.54) is 11.0 Å². The number of carbonyl (C=O) groups is 3. The van der Waals surface area contributed by atoms with Gasteiger partial charge in [0.05, 0.1) is 10.5 Å². The summed E-state index contributed by atoms with van der Waals surface area (Å²) in [6, 6.07) is 3.30. The lowest BCUT2D eigenvalue weighted by atomic mass is 9.96. The molecule has 180 valence electrons. The van der Waals surface area contributed by atoms with Crippen molar-refractivity contribution in [3.05, 3.63) is 29.8 Å². The summed E-state index contributed by atoms with van der Waals surface area (Å²) in [5.74, 6) is -0.956. The van der Waals surface area contributed by atoms with Crippen molar-refractivity contribution < 1.29 is 36.0 Å². The first kappa shape index (κ1) is 23.5. The molecule has 3 fully saturated rings. The Kier molecular flexibility index (Phi) is 5.68. The highest BCUT2D eigenvalue weighted by Crippen LogP contribution is 2.42. The monoisotopic (exact) mass is 488 g/mol. The summed E-state index contributed by atoms with van der Waals surface area (Å²) in [5, 5.41) is 2.65. The number of urea groups is 1. The summed E-state index contributed by atoms with van der Waals surface area (Å²) < 4.78 is 66.4. The van der Waals surface area contributed by atoms with Gasteiger partial charge < -0.3 is 10.2 Å². The second-order valence-corrected chi connectivity index (χ2v) is 10.5. The van der Waals surface area contributed by atoms with Gasteiger partial charge in [-0.15, -0.1) is 0 Å². The minimum absolute atomic E-state index is 0.0439. The van der Waals surface area contributed by atoms with Crippen LogP contribution in [-0.4, -0.2) is 78.6 Å². The first-order chi connectivity index (χ1) is 15.4. The van der Waals surface area contributed by atoms with Crippen LogP contribution >= 0.6 is 0 Å². The van der Waals surface area contributed by atoms with Gasteiger partial charge in [0.25, 0.3) is 5.91 Å². The fourth-order valence-electron chi connectivity index (χ4n) is 4.27. The van der Waals surface area contributed by atoms with Crippen molar-refractivity contribution in [2.24, 2.45) is 5.92 Å². The van der Waals surface area contributed by atoms with Gasteiger partial charge in [0, 0.05) is 26.2 Å². The van der Waals surface area contributed by atoms with Crippen molar-refractivity contribution in [1.29, 1.82) is 0 Å². The standard InChI is InChI=1S/C20H23F3N4O5S/c1-19(13-6-7-13)17(29)27(18(30)24-19)12-16(28)25-8-10-26(11-9-25)33(31,32)15-5-3-2-4-14(15)20(21,22)23/h2-5,13H,6-12H2,1H3,(H,24,30)/t19-/m1/s1. The first-order valence-corrected chi connectivity index (χ1v) is 11.9. The maximum atomic E-state index is 13.3. The Morgan fingerprint density at radius 3 is 2.30 bits per heavy atom. The predicted molar refractivity (Wildman–Crippen MR) is 108 cm³/mol. The van der Waals surface area contributed by atoms with Crippen LogP contribution in [0.3, 0.4) is 0 Å². The zero-order valence-electron chi connectivity index (χ0n) is 17.8. The van der Waals surface area contributed by atoms with Crippen LogP contribution < -0.4 is 5.32 Å². The van der Waals surface area contributed by atoms with E-state index in [0.717, 1.165) is 34.2 Å². The van der Waals surface area contributed by atoms with Gasteiger partial charge >= 0.3 is 12.2 Å². The highest BCUT2D eigenvalue weighted by molar-refractivity contribution is 7.89. The molecule has 1 N–H and O–H groups in total. The van der Waals surface area contributed by atoms with Crippen LogP contribution in [0.25, 0.3) is 0 Å². The van der Waals surface area contributed by atoms with E-state index in [1.54, 1.807) is 6.92 Å². The molecule has 0 spiro atoms. The molecule has 0 aromatic heterocycles. The quantitative estimate of drug-likeness (QED) is 0.628. The van der Waals surface area contributed by atoms with Crippen LogP contribution in [0.4, 0.5) is 18.0 Å². The number of amides is 4. The summed E-state index contributed by atoms with van der Waals surface area (Å²) in [6.45, 7) is 0.598. The number of carbonyl (C=O) groups excluding carboxylic acids is 3. The van der Waals surface area contributed by atoms with Gasteiger partial charge in [-0.3, -0.25) is 14.5 Å². The Labute approximate surface area is 188 Å². The number of halogens is 3. The number of rotatable bonds is 5. The summed E-state index contributed by atoms with van der Waals surface area (Å²) in [7, 11) is -4.44. The molecule has 4 amide bonds. The van der Waals surface area contributed by atoms with Crippen LogP contribution in [0.15, 0.2) is 29.2 Å². The van der Waals surface area contributed by atoms with Crippen molar-refractivity contribution >= 4 is 27.9 Å². The van der Waals surface area contributed by atoms with E-state index < -0.39 is 56.6 Å². The number of sulfonamides is 1.